The molecule has 0 aliphatic heterocycles. The predicted molar refractivity (Wildman–Crippen MR) is 182 cm³/mol. The molecule has 45 heavy (non-hydrogen) atoms. The van der Waals surface area contributed by atoms with Gasteiger partial charge in [-0.3, -0.25) is 0 Å². The lowest BCUT2D eigenvalue weighted by molar-refractivity contribution is -0.102. The van der Waals surface area contributed by atoms with Crippen LogP contribution in [0.15, 0.2) is 54.6 Å². The van der Waals surface area contributed by atoms with Crippen molar-refractivity contribution in [3.63, 3.8) is 0 Å². The summed E-state index contributed by atoms with van der Waals surface area (Å²) in [7, 11) is 4.20. The van der Waals surface area contributed by atoms with Gasteiger partial charge >= 0.3 is 5.97 Å². The summed E-state index contributed by atoms with van der Waals surface area (Å²) in [5, 5.41) is 0.0790. The van der Waals surface area contributed by atoms with Gasteiger partial charge in [0, 0.05) is 19.8 Å². The molecule has 2 aromatic rings. The summed E-state index contributed by atoms with van der Waals surface area (Å²) in [6.07, 6.45) is 7.02. The van der Waals surface area contributed by atoms with Crippen molar-refractivity contribution in [2.24, 2.45) is 5.92 Å². The van der Waals surface area contributed by atoms with Crippen molar-refractivity contribution < 1.29 is 37.6 Å². The van der Waals surface area contributed by atoms with Crippen molar-refractivity contribution in [2.75, 3.05) is 41.8 Å². The normalized spacial score (nSPS) is 14.3. The fourth-order valence-electron chi connectivity index (χ4n) is 4.75. The SMILES string of the molecule is COCO[C@H](C[C@@H](CCOCc1ccc(OC)cc1)O[Si](C)(C)C(C)(C)C)[C@@H](C)C/C=C/Cc1cccc(OC)c1C(=O)OC. The molecule has 0 amide bonds. The first-order chi connectivity index (χ1) is 21.4. The zero-order valence-corrected chi connectivity index (χ0v) is 30.1. The zero-order valence-electron chi connectivity index (χ0n) is 29.1. The first-order valence-electron chi connectivity index (χ1n) is 15.7. The lowest BCUT2D eigenvalue weighted by Crippen LogP contribution is -2.45. The maximum Gasteiger partial charge on any atom is 0.341 e. The molecule has 2 rings (SSSR count). The van der Waals surface area contributed by atoms with Crippen molar-refractivity contribution in [1.82, 2.24) is 0 Å². The topological polar surface area (TPSA) is 81.7 Å². The molecular formula is C36H56O8Si. The molecule has 0 radical (unpaired) electrons. The molecule has 0 N–H and O–H groups in total. The van der Waals surface area contributed by atoms with Crippen molar-refractivity contribution >= 4 is 14.3 Å². The number of allylic oxidation sites excluding steroid dienone is 2. The van der Waals surface area contributed by atoms with Crippen LogP contribution in [-0.2, 0) is 36.4 Å². The molecule has 0 aliphatic rings. The standard InChI is InChI=1S/C36H56O8Si/c1-27(14-11-12-15-29-16-13-17-32(40-7)34(29)35(37)41-8)33(43-26-38-5)24-31(44-45(9,10)36(2,3)4)22-23-42-25-28-18-20-30(39-6)21-19-28/h11-13,16-21,27,31,33H,14-15,22-26H2,1-10H3/b12-11+/t27-,31+,33+/m0/s1. The third-order valence-corrected chi connectivity index (χ3v) is 13.1. The van der Waals surface area contributed by atoms with Gasteiger partial charge in [0.25, 0.3) is 0 Å². The van der Waals surface area contributed by atoms with E-state index in [9.17, 15) is 4.79 Å². The molecule has 0 aromatic heterocycles. The number of benzene rings is 2. The third-order valence-electron chi connectivity index (χ3n) is 8.54. The first-order valence-corrected chi connectivity index (χ1v) is 18.7. The summed E-state index contributed by atoms with van der Waals surface area (Å²) in [5.41, 5.74) is 2.42. The van der Waals surface area contributed by atoms with Gasteiger partial charge in [0.1, 0.15) is 23.9 Å². The Balaban J connectivity index is 2.11. The van der Waals surface area contributed by atoms with E-state index in [4.69, 9.17) is 32.8 Å². The van der Waals surface area contributed by atoms with E-state index in [0.29, 0.717) is 30.9 Å². The Bertz CT molecular complexity index is 1170. The van der Waals surface area contributed by atoms with Crippen molar-refractivity contribution in [3.05, 3.63) is 71.3 Å². The maximum absolute atomic E-state index is 12.4. The van der Waals surface area contributed by atoms with Gasteiger partial charge < -0.3 is 32.8 Å². The number of methoxy groups -OCH3 is 4. The smallest absolute Gasteiger partial charge is 0.341 e. The van der Waals surface area contributed by atoms with Crippen molar-refractivity contribution in [2.45, 2.75) is 90.3 Å². The summed E-state index contributed by atoms with van der Waals surface area (Å²) < 4.78 is 40.3. The Kier molecular flexibility index (Phi) is 16.3. The third kappa shape index (κ3) is 12.6. The number of hydrogen-bond donors (Lipinski definition) is 0. The first kappa shape index (κ1) is 38.5. The predicted octanol–water partition coefficient (Wildman–Crippen LogP) is 7.99. The van der Waals surface area contributed by atoms with Crippen LogP contribution in [0.2, 0.25) is 18.1 Å². The molecule has 9 heteroatoms. The molecule has 0 aliphatic carbocycles. The molecule has 0 fully saturated rings. The van der Waals surface area contributed by atoms with Crippen molar-refractivity contribution in [3.8, 4) is 11.5 Å². The Labute approximate surface area is 272 Å². The van der Waals surface area contributed by atoms with Crippen LogP contribution in [-0.4, -0.2) is 68.3 Å². The number of carbonyl (C=O) groups excluding carboxylic acids is 1. The second kappa shape index (κ2) is 19.1. The molecule has 252 valence electrons. The van der Waals surface area contributed by atoms with Crippen LogP contribution in [0.3, 0.4) is 0 Å². The lowest BCUT2D eigenvalue weighted by atomic mass is 9.94. The quantitative estimate of drug-likeness (QED) is 0.0472. The van der Waals surface area contributed by atoms with Gasteiger partial charge in [-0.2, -0.15) is 0 Å². The molecule has 8 nitrogen and oxygen atoms in total. The minimum absolute atomic E-state index is 0.0190. The largest absolute Gasteiger partial charge is 0.497 e. The minimum Gasteiger partial charge on any atom is -0.497 e. The maximum atomic E-state index is 12.4. The van der Waals surface area contributed by atoms with Crippen LogP contribution in [0.4, 0.5) is 0 Å². The summed E-state index contributed by atoms with van der Waals surface area (Å²) in [5.74, 6) is 1.14. The molecule has 0 bridgehead atoms. The van der Waals surface area contributed by atoms with Gasteiger partial charge in [0.05, 0.1) is 34.0 Å². The van der Waals surface area contributed by atoms with Gasteiger partial charge in [0.15, 0.2) is 8.32 Å². The van der Waals surface area contributed by atoms with E-state index in [1.807, 2.05) is 36.4 Å². The zero-order chi connectivity index (χ0) is 33.5. The molecule has 0 heterocycles. The highest BCUT2D eigenvalue weighted by Crippen LogP contribution is 2.38. The molecule has 3 atom stereocenters. The molecule has 0 saturated carbocycles. The fourth-order valence-corrected chi connectivity index (χ4v) is 6.15. The number of ether oxygens (including phenoxy) is 6. The van der Waals surface area contributed by atoms with Gasteiger partial charge in [-0.15, -0.1) is 0 Å². The highest BCUT2D eigenvalue weighted by atomic mass is 28.4. The average Bonchev–Trinajstić information content (AvgIpc) is 3.02. The van der Waals surface area contributed by atoms with Crippen LogP contribution in [0.5, 0.6) is 11.5 Å². The molecular weight excluding hydrogens is 588 g/mol. The van der Waals surface area contributed by atoms with Crippen molar-refractivity contribution in [1.29, 1.82) is 0 Å². The van der Waals surface area contributed by atoms with E-state index in [-0.39, 0.29) is 30.0 Å². The number of hydrogen-bond acceptors (Lipinski definition) is 8. The molecule has 0 saturated heterocycles. The molecule has 2 aromatic carbocycles. The highest BCUT2D eigenvalue weighted by Gasteiger charge is 2.39. The van der Waals surface area contributed by atoms with Crippen LogP contribution in [0.1, 0.15) is 68.4 Å². The van der Waals surface area contributed by atoms with E-state index < -0.39 is 14.3 Å². The summed E-state index contributed by atoms with van der Waals surface area (Å²) in [6.45, 7) is 14.9. The van der Waals surface area contributed by atoms with E-state index in [1.54, 1.807) is 27.4 Å². The Morgan fingerprint density at radius 2 is 1.67 bits per heavy atom. The summed E-state index contributed by atoms with van der Waals surface area (Å²) >= 11 is 0. The lowest BCUT2D eigenvalue weighted by Gasteiger charge is -2.40. The highest BCUT2D eigenvalue weighted by molar-refractivity contribution is 6.74. The minimum atomic E-state index is -2.05. The molecule has 0 unspecified atom stereocenters. The van der Waals surface area contributed by atoms with E-state index >= 15 is 0 Å². The Hall–Kier alpha value is -2.69. The number of rotatable bonds is 20. The fraction of sp³-hybridized carbons (Fsp3) is 0.583. The number of esters is 1. The number of carbonyl (C=O) groups is 1. The van der Waals surface area contributed by atoms with Gasteiger partial charge in [-0.1, -0.05) is 64.1 Å². The Morgan fingerprint density at radius 3 is 2.27 bits per heavy atom. The van der Waals surface area contributed by atoms with Gasteiger partial charge in [-0.05, 0) is 79.1 Å². The monoisotopic (exact) mass is 644 g/mol. The van der Waals surface area contributed by atoms with E-state index in [2.05, 4.69) is 52.9 Å². The summed E-state index contributed by atoms with van der Waals surface area (Å²) in [6, 6.07) is 13.5. The van der Waals surface area contributed by atoms with Gasteiger partial charge in [0.2, 0.25) is 0 Å². The molecule has 0 spiro atoms. The van der Waals surface area contributed by atoms with Crippen LogP contribution < -0.4 is 9.47 Å². The van der Waals surface area contributed by atoms with Crippen LogP contribution in [0, 0.1) is 5.92 Å². The Morgan fingerprint density at radius 1 is 0.956 bits per heavy atom. The second-order valence-corrected chi connectivity index (χ2v) is 17.7. The second-order valence-electron chi connectivity index (χ2n) is 12.9. The van der Waals surface area contributed by atoms with E-state index in [0.717, 1.165) is 36.1 Å². The van der Waals surface area contributed by atoms with Crippen LogP contribution in [0.25, 0.3) is 0 Å². The van der Waals surface area contributed by atoms with Gasteiger partial charge in [-0.25, -0.2) is 4.79 Å². The summed E-state index contributed by atoms with van der Waals surface area (Å²) in [4.78, 5) is 12.4. The van der Waals surface area contributed by atoms with E-state index in [1.165, 1.54) is 7.11 Å². The average molecular weight is 645 g/mol. The van der Waals surface area contributed by atoms with Crippen LogP contribution >= 0.6 is 0 Å².